The Kier molecular flexibility index (Phi) is 6.57. The van der Waals surface area contributed by atoms with E-state index in [1.165, 1.54) is 12.7 Å². The van der Waals surface area contributed by atoms with Crippen LogP contribution in [0.5, 0.6) is 0 Å². The topological polar surface area (TPSA) is 113 Å². The molecule has 4 aromatic rings. The van der Waals surface area contributed by atoms with Crippen molar-refractivity contribution in [2.24, 2.45) is 0 Å². The fraction of sp³-hybridized carbons (Fsp3) is 0.464. The van der Waals surface area contributed by atoms with Gasteiger partial charge in [-0.3, -0.25) is 14.5 Å². The van der Waals surface area contributed by atoms with Gasteiger partial charge in [0.1, 0.15) is 6.04 Å². The molecule has 1 saturated heterocycles. The van der Waals surface area contributed by atoms with Crippen LogP contribution in [0.4, 0.5) is 0 Å². The Labute approximate surface area is 220 Å². The van der Waals surface area contributed by atoms with Crippen molar-refractivity contribution in [1.29, 1.82) is 0 Å². The van der Waals surface area contributed by atoms with Crippen molar-refractivity contribution < 1.29 is 9.21 Å². The van der Waals surface area contributed by atoms with Crippen LogP contribution in [0, 0.1) is 13.8 Å². The Morgan fingerprint density at radius 2 is 1.87 bits per heavy atom. The molecule has 1 aliphatic carbocycles. The van der Waals surface area contributed by atoms with E-state index < -0.39 is 6.04 Å². The number of rotatable bonds is 5. The van der Waals surface area contributed by atoms with Gasteiger partial charge in [-0.25, -0.2) is 4.68 Å². The Morgan fingerprint density at radius 1 is 1.08 bits per heavy atom. The first-order valence-corrected chi connectivity index (χ1v) is 13.5. The summed E-state index contributed by atoms with van der Waals surface area (Å²) < 4.78 is 7.28. The largest absolute Gasteiger partial charge is 0.459 e. The molecule has 0 spiro atoms. The maximum absolute atomic E-state index is 13.6. The summed E-state index contributed by atoms with van der Waals surface area (Å²) in [7, 11) is 0. The third-order valence-electron chi connectivity index (χ3n) is 8.02. The molecule has 10 heteroatoms. The normalized spacial score (nSPS) is 18.2. The van der Waals surface area contributed by atoms with E-state index >= 15 is 0 Å². The van der Waals surface area contributed by atoms with E-state index in [2.05, 4.69) is 38.4 Å². The predicted molar refractivity (Wildman–Crippen MR) is 142 cm³/mol. The summed E-state index contributed by atoms with van der Waals surface area (Å²) in [6, 6.07) is 9.35. The highest BCUT2D eigenvalue weighted by molar-refractivity contribution is 5.91. The minimum Gasteiger partial charge on any atom is -0.459 e. The molecule has 1 saturated carbocycles. The van der Waals surface area contributed by atoms with E-state index in [0.29, 0.717) is 43.3 Å². The SMILES string of the molecule is Cc1cc(C)c2cc([C@@H](c3nnnn3C3CCCCC3)N3CCN(C(=O)c4ccco4)CC3)c(=O)[nH]c2c1. The second-order valence-electron chi connectivity index (χ2n) is 10.6. The molecule has 2 fully saturated rings. The number of carbonyl (C=O) groups excluding carboxylic acids is 1. The number of furan rings is 1. The number of pyridine rings is 1. The highest BCUT2D eigenvalue weighted by atomic mass is 16.3. The van der Waals surface area contributed by atoms with Crippen LogP contribution < -0.4 is 5.56 Å². The standard InChI is InChI=1S/C28H33N7O3/c1-18-15-19(2)21-17-22(27(36)29-23(21)16-18)25(26-30-31-32-35(26)20-7-4-3-5-8-20)33-10-12-34(13-11-33)28(37)24-9-6-14-38-24/h6,9,14-17,20,25H,3-5,7-8,10-13H2,1-2H3,(H,29,36)/t25-/m0/s1. The summed E-state index contributed by atoms with van der Waals surface area (Å²) in [5.74, 6) is 0.915. The van der Waals surface area contributed by atoms with E-state index in [1.807, 2.05) is 23.7 Å². The zero-order chi connectivity index (χ0) is 26.2. The van der Waals surface area contributed by atoms with Crippen LogP contribution in [0.15, 0.2) is 45.8 Å². The first-order chi connectivity index (χ1) is 18.5. The number of fused-ring (bicyclic) bond motifs is 1. The van der Waals surface area contributed by atoms with Crippen molar-refractivity contribution in [1.82, 2.24) is 35.0 Å². The number of aromatic amines is 1. The summed E-state index contributed by atoms with van der Waals surface area (Å²) in [5.41, 5.74) is 3.53. The zero-order valence-electron chi connectivity index (χ0n) is 21.9. The van der Waals surface area contributed by atoms with Crippen LogP contribution in [-0.4, -0.2) is 67.1 Å². The first kappa shape index (κ1) is 24.5. The molecule has 0 unspecified atom stereocenters. The lowest BCUT2D eigenvalue weighted by Gasteiger charge is -2.38. The van der Waals surface area contributed by atoms with Gasteiger partial charge in [0.25, 0.3) is 11.5 Å². The fourth-order valence-electron chi connectivity index (χ4n) is 6.10. The number of nitrogens with one attached hydrogen (secondary N) is 1. The molecule has 38 heavy (non-hydrogen) atoms. The van der Waals surface area contributed by atoms with Crippen LogP contribution in [0.25, 0.3) is 10.9 Å². The number of amides is 1. The van der Waals surface area contributed by atoms with E-state index in [9.17, 15) is 9.59 Å². The Bertz CT molecular complexity index is 1490. The van der Waals surface area contributed by atoms with E-state index in [-0.39, 0.29) is 17.5 Å². The number of benzene rings is 1. The van der Waals surface area contributed by atoms with Crippen LogP contribution >= 0.6 is 0 Å². The number of tetrazole rings is 1. The fourth-order valence-corrected chi connectivity index (χ4v) is 6.10. The number of aryl methyl sites for hydroxylation is 2. The van der Waals surface area contributed by atoms with Crippen molar-refractivity contribution >= 4 is 16.8 Å². The molecule has 0 bridgehead atoms. The molecule has 3 aromatic heterocycles. The lowest BCUT2D eigenvalue weighted by molar-refractivity contribution is 0.0556. The number of hydrogen-bond donors (Lipinski definition) is 1. The molecule has 4 heterocycles. The number of carbonyl (C=O) groups is 1. The van der Waals surface area contributed by atoms with Crippen molar-refractivity contribution in [3.05, 3.63) is 75.2 Å². The molecular weight excluding hydrogens is 482 g/mol. The number of nitrogens with zero attached hydrogens (tertiary/aromatic N) is 6. The van der Waals surface area contributed by atoms with Gasteiger partial charge in [0.2, 0.25) is 0 Å². The maximum Gasteiger partial charge on any atom is 0.289 e. The quantitative estimate of drug-likeness (QED) is 0.430. The van der Waals surface area contributed by atoms with Gasteiger partial charge in [-0.15, -0.1) is 5.10 Å². The average Bonchev–Trinajstić information content (AvgIpc) is 3.63. The molecule has 10 nitrogen and oxygen atoms in total. The third-order valence-corrected chi connectivity index (χ3v) is 8.02. The zero-order valence-corrected chi connectivity index (χ0v) is 21.9. The van der Waals surface area contributed by atoms with E-state index in [0.717, 1.165) is 47.7 Å². The Balaban J connectivity index is 1.39. The molecule has 1 N–H and O–H groups in total. The van der Waals surface area contributed by atoms with Gasteiger partial charge < -0.3 is 14.3 Å². The first-order valence-electron chi connectivity index (χ1n) is 13.5. The summed E-state index contributed by atoms with van der Waals surface area (Å²) in [6.45, 7) is 6.30. The smallest absolute Gasteiger partial charge is 0.289 e. The molecule has 1 amide bonds. The molecule has 1 aliphatic heterocycles. The van der Waals surface area contributed by atoms with Crippen LogP contribution in [0.3, 0.4) is 0 Å². The molecular formula is C28H33N7O3. The van der Waals surface area contributed by atoms with Crippen LogP contribution in [-0.2, 0) is 0 Å². The van der Waals surface area contributed by atoms with Gasteiger partial charge in [-0.2, -0.15) is 0 Å². The Morgan fingerprint density at radius 3 is 2.61 bits per heavy atom. The summed E-state index contributed by atoms with van der Waals surface area (Å²) >= 11 is 0. The van der Waals surface area contributed by atoms with Crippen molar-refractivity contribution in [3.8, 4) is 0 Å². The molecule has 0 radical (unpaired) electrons. The lowest BCUT2D eigenvalue weighted by Crippen LogP contribution is -2.51. The predicted octanol–water partition coefficient (Wildman–Crippen LogP) is 3.78. The van der Waals surface area contributed by atoms with Crippen LogP contribution in [0.2, 0.25) is 0 Å². The van der Waals surface area contributed by atoms with Gasteiger partial charge >= 0.3 is 0 Å². The summed E-state index contributed by atoms with van der Waals surface area (Å²) in [6.07, 6.45) is 7.10. The van der Waals surface area contributed by atoms with Gasteiger partial charge in [-0.1, -0.05) is 25.3 Å². The third kappa shape index (κ3) is 4.53. The molecule has 1 atom stereocenters. The van der Waals surface area contributed by atoms with E-state index in [1.54, 1.807) is 17.0 Å². The number of piperazine rings is 1. The molecule has 2 aliphatic rings. The molecule has 198 valence electrons. The minimum atomic E-state index is -0.429. The van der Waals surface area contributed by atoms with E-state index in [4.69, 9.17) is 4.42 Å². The summed E-state index contributed by atoms with van der Waals surface area (Å²) in [5, 5.41) is 14.0. The highest BCUT2D eigenvalue weighted by Gasteiger charge is 2.35. The number of H-pyrrole nitrogens is 1. The van der Waals surface area contributed by atoms with Crippen LogP contribution in [0.1, 0.15) is 77.3 Å². The average molecular weight is 516 g/mol. The minimum absolute atomic E-state index is 0.118. The number of hydrogen-bond acceptors (Lipinski definition) is 7. The van der Waals surface area contributed by atoms with Gasteiger partial charge in [-0.05, 0) is 72.5 Å². The van der Waals surface area contributed by atoms with Gasteiger partial charge in [0.05, 0.1) is 12.3 Å². The second-order valence-corrected chi connectivity index (χ2v) is 10.6. The molecule has 1 aromatic carbocycles. The lowest BCUT2D eigenvalue weighted by atomic mass is 9.94. The monoisotopic (exact) mass is 515 g/mol. The molecule has 6 rings (SSSR count). The Hall–Kier alpha value is -3.79. The summed E-state index contributed by atoms with van der Waals surface area (Å²) in [4.78, 5) is 33.7. The number of aromatic nitrogens is 5. The van der Waals surface area contributed by atoms with Gasteiger partial charge in [0, 0.05) is 42.6 Å². The van der Waals surface area contributed by atoms with Crippen molar-refractivity contribution in [2.75, 3.05) is 26.2 Å². The van der Waals surface area contributed by atoms with Crippen molar-refractivity contribution in [3.63, 3.8) is 0 Å². The van der Waals surface area contributed by atoms with Crippen molar-refractivity contribution in [2.45, 2.75) is 58.0 Å². The highest BCUT2D eigenvalue weighted by Crippen LogP contribution is 2.34. The second kappa shape index (κ2) is 10.2. The maximum atomic E-state index is 13.6. The van der Waals surface area contributed by atoms with Gasteiger partial charge in [0.15, 0.2) is 11.6 Å².